The van der Waals surface area contributed by atoms with E-state index in [2.05, 4.69) is 17.2 Å². The summed E-state index contributed by atoms with van der Waals surface area (Å²) in [5.41, 5.74) is 1.44. The molecule has 1 atom stereocenters. The second-order valence-electron chi connectivity index (χ2n) is 5.86. The van der Waals surface area contributed by atoms with E-state index in [4.69, 9.17) is 9.47 Å². The third-order valence-corrected chi connectivity index (χ3v) is 3.95. The largest absolute Gasteiger partial charge is 0.490 e. The Morgan fingerprint density at radius 2 is 2.04 bits per heavy atom. The molecule has 26 heavy (non-hydrogen) atoms. The van der Waals surface area contributed by atoms with E-state index in [-0.39, 0.29) is 24.7 Å². The summed E-state index contributed by atoms with van der Waals surface area (Å²) in [5.74, 6) is -1.05. The maximum atomic E-state index is 12.2. The van der Waals surface area contributed by atoms with E-state index in [1.165, 1.54) is 7.11 Å². The van der Waals surface area contributed by atoms with Crippen molar-refractivity contribution in [2.75, 3.05) is 19.0 Å². The van der Waals surface area contributed by atoms with Crippen LogP contribution in [0, 0.1) is 5.92 Å². The van der Waals surface area contributed by atoms with Gasteiger partial charge in [0.1, 0.15) is 12.4 Å². The number of hydrogen-bond donors (Lipinski definition) is 2. The number of anilines is 1. The Morgan fingerprint density at radius 3 is 2.65 bits per heavy atom. The molecule has 2 N–H and O–H groups in total. The van der Waals surface area contributed by atoms with E-state index >= 15 is 0 Å². The molecule has 0 spiro atoms. The average Bonchev–Trinajstić information content (AvgIpc) is 2.62. The fraction of sp³-hybridized carbons (Fsp3) is 0.316. The first-order valence-corrected chi connectivity index (χ1v) is 8.17. The highest BCUT2D eigenvalue weighted by Gasteiger charge is 2.31. The Labute approximate surface area is 152 Å². The van der Waals surface area contributed by atoms with Crippen LogP contribution in [0.25, 0.3) is 0 Å². The van der Waals surface area contributed by atoms with Crippen LogP contribution in [0.5, 0.6) is 5.75 Å². The summed E-state index contributed by atoms with van der Waals surface area (Å²) in [6.07, 6.45) is 1.78. The van der Waals surface area contributed by atoms with Crippen molar-refractivity contribution in [3.63, 3.8) is 0 Å². The number of rotatable bonds is 7. The minimum Gasteiger partial charge on any atom is -0.490 e. The molecular weight excluding hydrogens is 336 g/mol. The van der Waals surface area contributed by atoms with Gasteiger partial charge >= 0.3 is 5.97 Å². The molecule has 0 radical (unpaired) electrons. The van der Waals surface area contributed by atoms with Crippen molar-refractivity contribution in [1.82, 2.24) is 5.32 Å². The number of esters is 1. The Balaban J connectivity index is 1.95. The molecule has 1 aliphatic heterocycles. The van der Waals surface area contributed by atoms with Crippen LogP contribution in [0.15, 0.2) is 48.2 Å². The Morgan fingerprint density at radius 1 is 1.35 bits per heavy atom. The first-order chi connectivity index (χ1) is 12.4. The van der Waals surface area contributed by atoms with Crippen LogP contribution < -0.4 is 15.4 Å². The number of ether oxygens (including phenoxy) is 2. The summed E-state index contributed by atoms with van der Waals surface area (Å²) < 4.78 is 10.1. The van der Waals surface area contributed by atoms with Crippen molar-refractivity contribution >= 4 is 23.5 Å². The highest BCUT2D eigenvalue weighted by atomic mass is 16.5. The van der Waals surface area contributed by atoms with Crippen molar-refractivity contribution in [3.05, 3.63) is 48.2 Å². The molecule has 1 aromatic rings. The molecule has 0 bridgehead atoms. The van der Waals surface area contributed by atoms with Gasteiger partial charge in [-0.25, -0.2) is 4.79 Å². The van der Waals surface area contributed by atoms with Crippen molar-refractivity contribution in [2.24, 2.45) is 5.92 Å². The van der Waals surface area contributed by atoms with Gasteiger partial charge in [-0.05, 0) is 37.6 Å². The van der Waals surface area contributed by atoms with Crippen molar-refractivity contribution in [1.29, 1.82) is 0 Å². The first-order valence-electron chi connectivity index (χ1n) is 8.17. The van der Waals surface area contributed by atoms with Gasteiger partial charge in [0.25, 0.3) is 0 Å². The quantitative estimate of drug-likeness (QED) is 0.575. The van der Waals surface area contributed by atoms with Gasteiger partial charge in [0.2, 0.25) is 11.8 Å². The molecule has 0 saturated heterocycles. The van der Waals surface area contributed by atoms with Crippen LogP contribution in [0.3, 0.4) is 0 Å². The van der Waals surface area contributed by atoms with E-state index in [1.807, 2.05) is 0 Å². The summed E-state index contributed by atoms with van der Waals surface area (Å²) in [5, 5.41) is 5.36. The molecular formula is C19H22N2O5. The number of methoxy groups -OCH3 is 1. The highest BCUT2D eigenvalue weighted by molar-refractivity contribution is 5.98. The number of carbonyl (C=O) groups excluding carboxylic acids is 3. The molecule has 1 unspecified atom stereocenters. The molecule has 0 saturated carbocycles. The fourth-order valence-electron chi connectivity index (χ4n) is 2.60. The minimum atomic E-state index is -0.622. The number of nitrogens with one attached hydrogen (secondary N) is 2. The number of hydrogen-bond acceptors (Lipinski definition) is 5. The Bertz CT molecular complexity index is 737. The molecule has 2 amide bonds. The standard InChI is InChI=1S/C19H22N2O5/c1-4-9-26-15-7-5-14(6-8-15)21-17(22)11-13-10-16(19(24)25-3)12(2)20-18(13)23/h4-8,13H,1,9-11H2,2-3H3,(H,20,23)(H,21,22). The zero-order chi connectivity index (χ0) is 19.1. The maximum Gasteiger partial charge on any atom is 0.335 e. The van der Waals surface area contributed by atoms with Crippen LogP contribution in [0.1, 0.15) is 19.8 Å². The van der Waals surface area contributed by atoms with Crippen molar-refractivity contribution in [3.8, 4) is 5.75 Å². The van der Waals surface area contributed by atoms with E-state index < -0.39 is 11.9 Å². The molecule has 1 heterocycles. The normalized spacial score (nSPS) is 16.5. The van der Waals surface area contributed by atoms with Crippen LogP contribution in [0.4, 0.5) is 5.69 Å². The Kier molecular flexibility index (Phi) is 6.54. The SMILES string of the molecule is C=CCOc1ccc(NC(=O)CC2CC(C(=O)OC)=C(C)NC2=O)cc1. The molecule has 1 aromatic carbocycles. The molecule has 7 heteroatoms. The Hall–Kier alpha value is -3.09. The zero-order valence-corrected chi connectivity index (χ0v) is 14.8. The van der Waals surface area contributed by atoms with Gasteiger partial charge in [-0.2, -0.15) is 0 Å². The van der Waals surface area contributed by atoms with Gasteiger partial charge in [-0.3, -0.25) is 9.59 Å². The van der Waals surface area contributed by atoms with Crippen LogP contribution in [0.2, 0.25) is 0 Å². The number of amides is 2. The third kappa shape index (κ3) is 4.95. The lowest BCUT2D eigenvalue weighted by molar-refractivity contribution is -0.137. The second kappa shape index (κ2) is 8.84. The smallest absolute Gasteiger partial charge is 0.335 e. The van der Waals surface area contributed by atoms with Crippen LogP contribution in [-0.2, 0) is 19.1 Å². The van der Waals surface area contributed by atoms with Gasteiger partial charge in [0, 0.05) is 17.8 Å². The summed E-state index contributed by atoms with van der Waals surface area (Å²) in [4.78, 5) is 36.1. The molecule has 0 fully saturated rings. The second-order valence-corrected chi connectivity index (χ2v) is 5.86. The molecule has 138 valence electrons. The first kappa shape index (κ1) is 19.2. The van der Waals surface area contributed by atoms with Gasteiger partial charge in [-0.1, -0.05) is 12.7 Å². The molecule has 7 nitrogen and oxygen atoms in total. The number of allylic oxidation sites excluding steroid dienone is 1. The lowest BCUT2D eigenvalue weighted by atomic mass is 9.90. The van der Waals surface area contributed by atoms with Crippen LogP contribution in [-0.4, -0.2) is 31.5 Å². The number of carbonyl (C=O) groups is 3. The van der Waals surface area contributed by atoms with E-state index in [0.717, 1.165) is 0 Å². The monoisotopic (exact) mass is 358 g/mol. The maximum absolute atomic E-state index is 12.2. The fourth-order valence-corrected chi connectivity index (χ4v) is 2.60. The highest BCUT2D eigenvalue weighted by Crippen LogP contribution is 2.25. The lowest BCUT2D eigenvalue weighted by Gasteiger charge is -2.24. The van der Waals surface area contributed by atoms with E-state index in [1.54, 1.807) is 37.3 Å². The summed E-state index contributed by atoms with van der Waals surface area (Å²) in [7, 11) is 1.28. The van der Waals surface area contributed by atoms with Crippen molar-refractivity contribution < 1.29 is 23.9 Å². The van der Waals surface area contributed by atoms with Gasteiger partial charge < -0.3 is 20.1 Å². The minimum absolute atomic E-state index is 0.0334. The average molecular weight is 358 g/mol. The van der Waals surface area contributed by atoms with E-state index in [9.17, 15) is 14.4 Å². The van der Waals surface area contributed by atoms with Crippen molar-refractivity contribution in [2.45, 2.75) is 19.8 Å². The summed E-state index contributed by atoms with van der Waals surface area (Å²) in [6.45, 7) is 5.61. The molecule has 0 aliphatic carbocycles. The predicted molar refractivity (Wildman–Crippen MR) is 96.3 cm³/mol. The van der Waals surface area contributed by atoms with Gasteiger partial charge in [0.15, 0.2) is 0 Å². The van der Waals surface area contributed by atoms with Crippen LogP contribution >= 0.6 is 0 Å². The summed E-state index contributed by atoms with van der Waals surface area (Å²) >= 11 is 0. The zero-order valence-electron chi connectivity index (χ0n) is 14.8. The lowest BCUT2D eigenvalue weighted by Crippen LogP contribution is -2.38. The molecule has 2 rings (SSSR count). The third-order valence-electron chi connectivity index (χ3n) is 3.95. The predicted octanol–water partition coefficient (Wildman–Crippen LogP) is 2.16. The number of benzene rings is 1. The topological polar surface area (TPSA) is 93.7 Å². The molecule has 1 aliphatic rings. The molecule has 0 aromatic heterocycles. The van der Waals surface area contributed by atoms with Gasteiger partial charge in [0.05, 0.1) is 18.6 Å². The van der Waals surface area contributed by atoms with Gasteiger partial charge in [-0.15, -0.1) is 0 Å². The summed E-state index contributed by atoms with van der Waals surface area (Å²) in [6, 6.07) is 6.88. The van der Waals surface area contributed by atoms with E-state index in [0.29, 0.717) is 29.3 Å².